The van der Waals surface area contributed by atoms with Gasteiger partial charge in [-0.15, -0.1) is 0 Å². The van der Waals surface area contributed by atoms with Crippen molar-refractivity contribution in [2.45, 2.75) is 6.61 Å². The van der Waals surface area contributed by atoms with Crippen molar-refractivity contribution in [3.63, 3.8) is 0 Å². The van der Waals surface area contributed by atoms with Crippen LogP contribution in [0.2, 0.25) is 15.2 Å². The molecular formula is C12H8Cl3NO. The molecule has 0 fully saturated rings. The molecule has 0 atom stereocenters. The van der Waals surface area contributed by atoms with E-state index in [1.165, 1.54) is 0 Å². The quantitative estimate of drug-likeness (QED) is 0.840. The fourth-order valence-electron chi connectivity index (χ4n) is 1.55. The molecule has 17 heavy (non-hydrogen) atoms. The van der Waals surface area contributed by atoms with Crippen molar-refractivity contribution in [3.8, 4) is 11.1 Å². The predicted octanol–water partition coefficient (Wildman–Crippen LogP) is 4.20. The molecule has 0 saturated heterocycles. The number of hydrogen-bond acceptors (Lipinski definition) is 2. The Hall–Kier alpha value is -0.800. The average molecular weight is 289 g/mol. The van der Waals surface area contributed by atoms with Gasteiger partial charge in [0.25, 0.3) is 0 Å². The minimum absolute atomic E-state index is 0.138. The van der Waals surface area contributed by atoms with Crippen LogP contribution in [0.5, 0.6) is 0 Å². The van der Waals surface area contributed by atoms with Crippen molar-refractivity contribution in [3.05, 3.63) is 51.2 Å². The van der Waals surface area contributed by atoms with Gasteiger partial charge in [0.15, 0.2) is 0 Å². The molecular weight excluding hydrogens is 280 g/mol. The molecule has 2 rings (SSSR count). The fourth-order valence-corrected chi connectivity index (χ4v) is 2.14. The smallest absolute Gasteiger partial charge is 0.129 e. The van der Waals surface area contributed by atoms with Gasteiger partial charge in [-0.2, -0.15) is 0 Å². The largest absolute Gasteiger partial charge is 0.392 e. The van der Waals surface area contributed by atoms with Gasteiger partial charge >= 0.3 is 0 Å². The van der Waals surface area contributed by atoms with E-state index in [0.29, 0.717) is 20.8 Å². The molecule has 1 heterocycles. The Morgan fingerprint density at radius 2 is 1.88 bits per heavy atom. The third kappa shape index (κ3) is 2.55. The normalized spacial score (nSPS) is 10.6. The Balaban J connectivity index is 2.64. The highest BCUT2D eigenvalue weighted by molar-refractivity contribution is 6.43. The number of aromatic nitrogens is 1. The van der Waals surface area contributed by atoms with Gasteiger partial charge in [-0.1, -0.05) is 46.9 Å². The zero-order valence-corrected chi connectivity index (χ0v) is 10.9. The number of rotatable bonds is 2. The molecule has 5 heteroatoms. The zero-order chi connectivity index (χ0) is 12.4. The van der Waals surface area contributed by atoms with Crippen molar-refractivity contribution in [1.82, 2.24) is 4.98 Å². The van der Waals surface area contributed by atoms with Crippen LogP contribution in [0.15, 0.2) is 30.5 Å². The van der Waals surface area contributed by atoms with Crippen molar-refractivity contribution >= 4 is 34.8 Å². The van der Waals surface area contributed by atoms with E-state index in [9.17, 15) is 5.11 Å². The molecule has 0 bridgehead atoms. The van der Waals surface area contributed by atoms with Crippen LogP contribution in [-0.2, 0) is 6.61 Å². The van der Waals surface area contributed by atoms with Gasteiger partial charge in [-0.05, 0) is 17.7 Å². The molecule has 0 aliphatic heterocycles. The lowest BCUT2D eigenvalue weighted by Gasteiger charge is -2.10. The van der Waals surface area contributed by atoms with Gasteiger partial charge in [-0.25, -0.2) is 4.98 Å². The summed E-state index contributed by atoms with van der Waals surface area (Å²) < 4.78 is 0. The number of halogens is 3. The average Bonchev–Trinajstić information content (AvgIpc) is 2.33. The summed E-state index contributed by atoms with van der Waals surface area (Å²) >= 11 is 17.8. The van der Waals surface area contributed by atoms with E-state index in [-0.39, 0.29) is 6.61 Å². The van der Waals surface area contributed by atoms with Gasteiger partial charge in [0.2, 0.25) is 0 Å². The topological polar surface area (TPSA) is 33.1 Å². The second kappa shape index (κ2) is 5.23. The number of pyridine rings is 1. The lowest BCUT2D eigenvalue weighted by Crippen LogP contribution is -1.92. The third-order valence-electron chi connectivity index (χ3n) is 2.37. The number of benzene rings is 1. The molecule has 0 aliphatic rings. The summed E-state index contributed by atoms with van der Waals surface area (Å²) in [5, 5.41) is 10.5. The van der Waals surface area contributed by atoms with Crippen LogP contribution in [0.3, 0.4) is 0 Å². The number of hydrogen-bond donors (Lipinski definition) is 1. The first-order valence-corrected chi connectivity index (χ1v) is 5.96. The maximum absolute atomic E-state index is 9.30. The monoisotopic (exact) mass is 287 g/mol. The van der Waals surface area contributed by atoms with E-state index < -0.39 is 0 Å². The molecule has 0 unspecified atom stereocenters. The Labute approximate surface area is 114 Å². The second-order valence-electron chi connectivity index (χ2n) is 3.42. The lowest BCUT2D eigenvalue weighted by molar-refractivity contribution is 0.282. The standard InChI is InChI=1S/C12H8Cl3NO/c13-10-3-1-2-8(12(10)15)9-5-16-11(14)4-7(9)6-17/h1-5,17H,6H2. The van der Waals surface area contributed by atoms with Crippen LogP contribution in [0.4, 0.5) is 0 Å². The fraction of sp³-hybridized carbons (Fsp3) is 0.0833. The van der Waals surface area contributed by atoms with E-state index in [4.69, 9.17) is 34.8 Å². The summed E-state index contributed by atoms with van der Waals surface area (Å²) in [6.45, 7) is -0.138. The summed E-state index contributed by atoms with van der Waals surface area (Å²) in [5.41, 5.74) is 2.12. The highest BCUT2D eigenvalue weighted by atomic mass is 35.5. The predicted molar refractivity (Wildman–Crippen MR) is 70.6 cm³/mol. The third-order valence-corrected chi connectivity index (χ3v) is 3.39. The Morgan fingerprint density at radius 3 is 2.59 bits per heavy atom. The van der Waals surface area contributed by atoms with Gasteiger partial charge in [0.05, 0.1) is 16.7 Å². The van der Waals surface area contributed by atoms with Crippen LogP contribution in [-0.4, -0.2) is 10.1 Å². The minimum Gasteiger partial charge on any atom is -0.392 e. The first-order chi connectivity index (χ1) is 8.13. The van der Waals surface area contributed by atoms with Crippen molar-refractivity contribution in [2.24, 2.45) is 0 Å². The zero-order valence-electron chi connectivity index (χ0n) is 8.62. The molecule has 1 N–H and O–H groups in total. The lowest BCUT2D eigenvalue weighted by atomic mass is 10.0. The van der Waals surface area contributed by atoms with Crippen molar-refractivity contribution in [2.75, 3.05) is 0 Å². The Kier molecular flexibility index (Phi) is 3.89. The Morgan fingerprint density at radius 1 is 1.12 bits per heavy atom. The summed E-state index contributed by atoms with van der Waals surface area (Å²) in [4.78, 5) is 3.99. The SMILES string of the molecule is OCc1cc(Cl)ncc1-c1cccc(Cl)c1Cl. The molecule has 0 spiro atoms. The summed E-state index contributed by atoms with van der Waals surface area (Å²) in [6, 6.07) is 6.92. The highest BCUT2D eigenvalue weighted by Crippen LogP contribution is 2.35. The maximum Gasteiger partial charge on any atom is 0.129 e. The van der Waals surface area contributed by atoms with Gasteiger partial charge in [0.1, 0.15) is 5.15 Å². The van der Waals surface area contributed by atoms with E-state index >= 15 is 0 Å². The number of aliphatic hydroxyl groups excluding tert-OH is 1. The van der Waals surface area contributed by atoms with Crippen LogP contribution in [0.25, 0.3) is 11.1 Å². The van der Waals surface area contributed by atoms with Crippen molar-refractivity contribution < 1.29 is 5.11 Å². The minimum atomic E-state index is -0.138. The summed E-state index contributed by atoms with van der Waals surface area (Å²) in [6.07, 6.45) is 1.57. The first-order valence-electron chi connectivity index (χ1n) is 4.83. The molecule has 0 aliphatic carbocycles. The molecule has 0 saturated carbocycles. The molecule has 2 aromatic rings. The Bertz CT molecular complexity index is 557. The molecule has 1 aromatic heterocycles. The van der Waals surface area contributed by atoms with Crippen LogP contribution in [0.1, 0.15) is 5.56 Å². The number of aliphatic hydroxyl groups is 1. The van der Waals surface area contributed by atoms with E-state index in [2.05, 4.69) is 4.98 Å². The summed E-state index contributed by atoms with van der Waals surface area (Å²) in [5.74, 6) is 0. The molecule has 88 valence electrons. The molecule has 0 amide bonds. The second-order valence-corrected chi connectivity index (χ2v) is 4.60. The number of nitrogens with zero attached hydrogens (tertiary/aromatic N) is 1. The van der Waals surface area contributed by atoms with Gasteiger partial charge in [-0.3, -0.25) is 0 Å². The molecule has 0 radical (unpaired) electrons. The summed E-state index contributed by atoms with van der Waals surface area (Å²) in [7, 11) is 0. The van der Waals surface area contributed by atoms with E-state index in [1.54, 1.807) is 24.4 Å². The van der Waals surface area contributed by atoms with E-state index in [1.807, 2.05) is 6.07 Å². The first kappa shape index (κ1) is 12.7. The van der Waals surface area contributed by atoms with Crippen LogP contribution in [0, 0.1) is 0 Å². The van der Waals surface area contributed by atoms with Gasteiger partial charge in [0, 0.05) is 17.3 Å². The van der Waals surface area contributed by atoms with E-state index in [0.717, 1.165) is 11.1 Å². The highest BCUT2D eigenvalue weighted by Gasteiger charge is 2.11. The van der Waals surface area contributed by atoms with Crippen LogP contribution >= 0.6 is 34.8 Å². The molecule has 1 aromatic carbocycles. The van der Waals surface area contributed by atoms with Gasteiger partial charge < -0.3 is 5.11 Å². The van der Waals surface area contributed by atoms with Crippen LogP contribution < -0.4 is 0 Å². The van der Waals surface area contributed by atoms with Crippen molar-refractivity contribution in [1.29, 1.82) is 0 Å². The molecule has 2 nitrogen and oxygen atoms in total. The maximum atomic E-state index is 9.30.